The van der Waals surface area contributed by atoms with Gasteiger partial charge in [-0.05, 0) is 13.0 Å². The minimum absolute atomic E-state index is 0.811. The normalized spacial score (nSPS) is 9.25. The van der Waals surface area contributed by atoms with Crippen LogP contribution in [0.3, 0.4) is 0 Å². The van der Waals surface area contributed by atoms with Gasteiger partial charge in [0.1, 0.15) is 11.0 Å². The number of aryl methyl sites for hydroxylation is 1. The minimum atomic E-state index is 0.811. The lowest BCUT2D eigenvalue weighted by Crippen LogP contribution is -1.78. The molecule has 0 radical (unpaired) electrons. The van der Waals surface area contributed by atoms with Gasteiger partial charge >= 0.3 is 0 Å². The van der Waals surface area contributed by atoms with Crippen molar-refractivity contribution in [3.8, 4) is 0 Å². The number of pyridine rings is 1. The zero-order chi connectivity index (χ0) is 8.97. The Morgan fingerprint density at radius 2 is 1.83 bits per heavy atom. The summed E-state index contributed by atoms with van der Waals surface area (Å²) in [5, 5.41) is 10.3. The number of hydrogen-bond donors (Lipinski definition) is 1. The van der Waals surface area contributed by atoms with Crippen LogP contribution in [-0.2, 0) is 0 Å². The van der Waals surface area contributed by atoms with Crippen molar-refractivity contribution in [1.82, 2.24) is 20.4 Å². The van der Waals surface area contributed by atoms with Gasteiger partial charge in [-0.2, -0.15) is 15.4 Å². The maximum atomic E-state index is 4.06. The van der Waals surface area contributed by atoms with Crippen LogP contribution in [0.1, 0.15) is 19.5 Å². The van der Waals surface area contributed by atoms with Gasteiger partial charge in [0.2, 0.25) is 0 Å². The summed E-state index contributed by atoms with van der Waals surface area (Å²) in [6.45, 7) is 5.92. The molecule has 2 heterocycles. The highest BCUT2D eigenvalue weighted by Gasteiger charge is 1.95. The largest absolute Gasteiger partial charge is 0.259 e. The Morgan fingerprint density at radius 3 is 2.58 bits per heavy atom. The number of aromatic nitrogens is 4. The molecule has 0 saturated carbocycles. The Bertz CT molecular complexity index is 353. The molecule has 0 saturated heterocycles. The second kappa shape index (κ2) is 3.80. The van der Waals surface area contributed by atoms with Crippen LogP contribution in [0.25, 0.3) is 11.0 Å². The molecule has 0 spiro atoms. The number of hydrogen-bond acceptors (Lipinski definition) is 3. The summed E-state index contributed by atoms with van der Waals surface area (Å²) in [6.07, 6.45) is 1.70. The third-order valence-electron chi connectivity index (χ3n) is 1.34. The van der Waals surface area contributed by atoms with Gasteiger partial charge in [-0.3, -0.25) is 4.98 Å². The summed E-state index contributed by atoms with van der Waals surface area (Å²) in [7, 11) is 0. The SMILES string of the molecule is CC.Cc1cc2n[nH]nc2cn1. The molecule has 1 N–H and O–H groups in total. The number of nitrogens with one attached hydrogen (secondary N) is 1. The predicted molar refractivity (Wildman–Crippen MR) is 47.8 cm³/mol. The summed E-state index contributed by atoms with van der Waals surface area (Å²) in [5.41, 5.74) is 2.64. The molecule has 0 fully saturated rings. The number of rotatable bonds is 0. The van der Waals surface area contributed by atoms with E-state index in [0.29, 0.717) is 0 Å². The van der Waals surface area contributed by atoms with E-state index < -0.39 is 0 Å². The zero-order valence-corrected chi connectivity index (χ0v) is 7.50. The van der Waals surface area contributed by atoms with Crippen LogP contribution in [-0.4, -0.2) is 20.4 Å². The Kier molecular flexibility index (Phi) is 2.74. The molecule has 0 aromatic carbocycles. The number of aromatic amines is 1. The van der Waals surface area contributed by atoms with Crippen LogP contribution in [0.4, 0.5) is 0 Å². The molecule has 0 aliphatic rings. The van der Waals surface area contributed by atoms with Gasteiger partial charge in [-0.15, -0.1) is 0 Å². The lowest BCUT2D eigenvalue weighted by Gasteiger charge is -1.86. The summed E-state index contributed by atoms with van der Waals surface area (Å²) in [6, 6.07) is 1.89. The molecule has 0 bridgehead atoms. The molecule has 2 aromatic heterocycles. The average molecular weight is 164 g/mol. The second-order valence-corrected chi connectivity index (χ2v) is 2.14. The Balaban J connectivity index is 0.000000336. The van der Waals surface area contributed by atoms with Crippen molar-refractivity contribution in [1.29, 1.82) is 0 Å². The first kappa shape index (κ1) is 8.64. The van der Waals surface area contributed by atoms with Crippen molar-refractivity contribution in [2.45, 2.75) is 20.8 Å². The zero-order valence-electron chi connectivity index (χ0n) is 7.50. The van der Waals surface area contributed by atoms with Gasteiger partial charge in [0.15, 0.2) is 0 Å². The third kappa shape index (κ3) is 1.58. The second-order valence-electron chi connectivity index (χ2n) is 2.14. The molecule has 2 aromatic rings. The molecular formula is C8H12N4. The van der Waals surface area contributed by atoms with Crippen LogP contribution in [0.15, 0.2) is 12.3 Å². The molecule has 0 aliphatic heterocycles. The summed E-state index contributed by atoms with van der Waals surface area (Å²) in [4.78, 5) is 4.06. The minimum Gasteiger partial charge on any atom is -0.259 e. The van der Waals surface area contributed by atoms with Crippen molar-refractivity contribution in [2.24, 2.45) is 0 Å². The van der Waals surface area contributed by atoms with Crippen LogP contribution in [0, 0.1) is 6.92 Å². The van der Waals surface area contributed by atoms with Crippen molar-refractivity contribution < 1.29 is 0 Å². The molecule has 0 unspecified atom stereocenters. The molecule has 0 amide bonds. The highest BCUT2D eigenvalue weighted by Crippen LogP contribution is 2.05. The Hall–Kier alpha value is -1.45. The first-order valence-corrected chi connectivity index (χ1v) is 3.99. The van der Waals surface area contributed by atoms with Gasteiger partial charge in [-0.1, -0.05) is 13.8 Å². The fraction of sp³-hybridized carbons (Fsp3) is 0.375. The van der Waals surface area contributed by atoms with Crippen molar-refractivity contribution in [3.05, 3.63) is 18.0 Å². The Labute approximate surface area is 71.0 Å². The van der Waals surface area contributed by atoms with Crippen LogP contribution in [0.5, 0.6) is 0 Å². The molecule has 64 valence electrons. The van der Waals surface area contributed by atoms with Crippen LogP contribution in [0.2, 0.25) is 0 Å². The average Bonchev–Trinajstić information content (AvgIpc) is 2.54. The maximum Gasteiger partial charge on any atom is 0.131 e. The smallest absolute Gasteiger partial charge is 0.131 e. The molecule has 2 rings (SSSR count). The fourth-order valence-electron chi connectivity index (χ4n) is 0.847. The number of nitrogens with zero attached hydrogens (tertiary/aromatic N) is 3. The van der Waals surface area contributed by atoms with E-state index in [1.165, 1.54) is 0 Å². The quantitative estimate of drug-likeness (QED) is 0.644. The van der Waals surface area contributed by atoms with Gasteiger partial charge in [0, 0.05) is 5.69 Å². The monoisotopic (exact) mass is 164 g/mol. The molecular weight excluding hydrogens is 152 g/mol. The Morgan fingerprint density at radius 1 is 1.17 bits per heavy atom. The van der Waals surface area contributed by atoms with Crippen molar-refractivity contribution in [2.75, 3.05) is 0 Å². The van der Waals surface area contributed by atoms with E-state index in [4.69, 9.17) is 0 Å². The first-order chi connectivity index (χ1) is 5.86. The number of fused-ring (bicyclic) bond motifs is 1. The van der Waals surface area contributed by atoms with Gasteiger partial charge in [0.25, 0.3) is 0 Å². The lowest BCUT2D eigenvalue weighted by molar-refractivity contribution is 0.959. The van der Waals surface area contributed by atoms with Crippen LogP contribution < -0.4 is 0 Å². The van der Waals surface area contributed by atoms with Crippen molar-refractivity contribution >= 4 is 11.0 Å². The third-order valence-corrected chi connectivity index (χ3v) is 1.34. The standard InChI is InChI=1S/C6H6N4.C2H6/c1-4-2-5-6(3-7-4)9-10-8-5;1-2/h2-3H,1H3,(H,8,9,10);1-2H3. The molecule has 4 nitrogen and oxygen atoms in total. The summed E-state index contributed by atoms with van der Waals surface area (Å²) >= 11 is 0. The first-order valence-electron chi connectivity index (χ1n) is 3.99. The van der Waals surface area contributed by atoms with E-state index in [1.807, 2.05) is 26.8 Å². The van der Waals surface area contributed by atoms with E-state index in [2.05, 4.69) is 20.4 Å². The van der Waals surface area contributed by atoms with E-state index in [9.17, 15) is 0 Å². The maximum absolute atomic E-state index is 4.06. The fourth-order valence-corrected chi connectivity index (χ4v) is 0.847. The van der Waals surface area contributed by atoms with E-state index in [0.717, 1.165) is 16.7 Å². The van der Waals surface area contributed by atoms with Crippen LogP contribution >= 0.6 is 0 Å². The van der Waals surface area contributed by atoms with Gasteiger partial charge in [0.05, 0.1) is 6.20 Å². The number of H-pyrrole nitrogens is 1. The topological polar surface area (TPSA) is 54.5 Å². The highest BCUT2D eigenvalue weighted by molar-refractivity contribution is 5.72. The predicted octanol–water partition coefficient (Wildman–Crippen LogP) is 1.69. The lowest BCUT2D eigenvalue weighted by atomic mass is 10.3. The highest BCUT2D eigenvalue weighted by atomic mass is 15.3. The molecule has 0 atom stereocenters. The molecule has 4 heteroatoms. The van der Waals surface area contributed by atoms with E-state index in [-0.39, 0.29) is 0 Å². The van der Waals surface area contributed by atoms with Crippen molar-refractivity contribution in [3.63, 3.8) is 0 Å². The summed E-state index contributed by atoms with van der Waals surface area (Å²) in [5.74, 6) is 0. The molecule has 12 heavy (non-hydrogen) atoms. The van der Waals surface area contributed by atoms with Gasteiger partial charge in [-0.25, -0.2) is 0 Å². The van der Waals surface area contributed by atoms with Gasteiger partial charge < -0.3 is 0 Å². The van der Waals surface area contributed by atoms with E-state index in [1.54, 1.807) is 6.20 Å². The molecule has 0 aliphatic carbocycles. The summed E-state index contributed by atoms with van der Waals surface area (Å²) < 4.78 is 0. The van der Waals surface area contributed by atoms with E-state index >= 15 is 0 Å².